The largest absolute Gasteiger partial charge is 0.379 e. The second-order valence-electron chi connectivity index (χ2n) is 6.18. The number of amides is 1. The van der Waals surface area contributed by atoms with E-state index >= 15 is 0 Å². The smallest absolute Gasteiger partial charge is 0.253 e. The fourth-order valence-electron chi connectivity index (χ4n) is 3.35. The van der Waals surface area contributed by atoms with Crippen molar-refractivity contribution in [2.75, 3.05) is 45.9 Å². The molecule has 0 aliphatic carbocycles. The molecule has 2 aliphatic rings. The van der Waals surface area contributed by atoms with Gasteiger partial charge in [0.1, 0.15) is 0 Å². The number of morpholine rings is 1. The van der Waals surface area contributed by atoms with Crippen LogP contribution in [0.4, 0.5) is 0 Å². The third-order valence-electron chi connectivity index (χ3n) is 4.50. The van der Waals surface area contributed by atoms with Gasteiger partial charge in [-0.3, -0.25) is 9.69 Å². The van der Waals surface area contributed by atoms with Crippen molar-refractivity contribution in [3.05, 3.63) is 34.3 Å². The van der Waals surface area contributed by atoms with Crippen molar-refractivity contribution in [2.24, 2.45) is 5.92 Å². The molecule has 4 nitrogen and oxygen atoms in total. The summed E-state index contributed by atoms with van der Waals surface area (Å²) in [5.74, 6) is 0.746. The molecule has 2 heterocycles. The first-order valence-corrected chi connectivity index (χ1v) is 8.86. The van der Waals surface area contributed by atoms with Crippen LogP contribution < -0.4 is 0 Å². The van der Waals surface area contributed by atoms with E-state index in [4.69, 9.17) is 4.74 Å². The predicted molar refractivity (Wildman–Crippen MR) is 90.0 cm³/mol. The van der Waals surface area contributed by atoms with Crippen molar-refractivity contribution < 1.29 is 9.53 Å². The van der Waals surface area contributed by atoms with Crippen molar-refractivity contribution in [3.8, 4) is 0 Å². The molecule has 0 spiro atoms. The molecule has 0 bridgehead atoms. The van der Waals surface area contributed by atoms with Gasteiger partial charge in [-0.2, -0.15) is 0 Å². The maximum absolute atomic E-state index is 12.7. The number of carbonyl (C=O) groups is 1. The Hall–Kier alpha value is -0.910. The Morgan fingerprint density at radius 2 is 2.09 bits per heavy atom. The molecule has 5 heteroatoms. The number of likely N-dealkylation sites (tertiary alicyclic amines) is 1. The summed E-state index contributed by atoms with van der Waals surface area (Å²) in [4.78, 5) is 17.2. The van der Waals surface area contributed by atoms with Gasteiger partial charge in [-0.05, 0) is 37.0 Å². The lowest BCUT2D eigenvalue weighted by Crippen LogP contribution is -2.46. The highest BCUT2D eigenvalue weighted by atomic mass is 79.9. The molecule has 1 aromatic carbocycles. The van der Waals surface area contributed by atoms with E-state index in [0.717, 1.165) is 62.4 Å². The van der Waals surface area contributed by atoms with Crippen LogP contribution in [0.25, 0.3) is 0 Å². The standard InChI is InChI=1S/C17H23BrN2O2/c18-16-5-1-4-15(11-16)17(21)20-6-2-3-14(13-20)12-19-7-9-22-10-8-19/h1,4-5,11,14H,2-3,6-10,12-13H2. The second kappa shape index (κ2) is 7.57. The van der Waals surface area contributed by atoms with E-state index in [1.54, 1.807) is 0 Å². The van der Waals surface area contributed by atoms with Crippen LogP contribution in [-0.2, 0) is 4.74 Å². The first kappa shape index (κ1) is 16.0. The maximum atomic E-state index is 12.7. The zero-order chi connectivity index (χ0) is 15.4. The maximum Gasteiger partial charge on any atom is 0.253 e. The predicted octanol–water partition coefficient (Wildman–Crippen LogP) is 2.63. The molecule has 0 N–H and O–H groups in total. The highest BCUT2D eigenvalue weighted by Gasteiger charge is 2.26. The number of hydrogen-bond donors (Lipinski definition) is 0. The lowest BCUT2D eigenvalue weighted by atomic mass is 9.96. The second-order valence-corrected chi connectivity index (χ2v) is 7.10. The fourth-order valence-corrected chi connectivity index (χ4v) is 3.75. The molecule has 120 valence electrons. The quantitative estimate of drug-likeness (QED) is 0.824. The van der Waals surface area contributed by atoms with Crippen LogP contribution in [-0.4, -0.2) is 61.6 Å². The highest BCUT2D eigenvalue weighted by Crippen LogP contribution is 2.21. The molecule has 3 rings (SSSR count). The number of ether oxygens (including phenoxy) is 1. The number of halogens is 1. The molecular weight excluding hydrogens is 344 g/mol. The van der Waals surface area contributed by atoms with Gasteiger partial charge in [-0.25, -0.2) is 0 Å². The summed E-state index contributed by atoms with van der Waals surface area (Å²) in [7, 11) is 0. The van der Waals surface area contributed by atoms with Crippen LogP contribution in [0.15, 0.2) is 28.7 Å². The van der Waals surface area contributed by atoms with E-state index in [9.17, 15) is 4.79 Å². The molecule has 2 fully saturated rings. The number of carbonyl (C=O) groups excluding carboxylic acids is 1. The Balaban J connectivity index is 1.58. The SMILES string of the molecule is O=C(c1cccc(Br)c1)N1CCCC(CN2CCOCC2)C1. The van der Waals surface area contributed by atoms with Gasteiger partial charge in [-0.1, -0.05) is 22.0 Å². The van der Waals surface area contributed by atoms with Crippen molar-refractivity contribution in [3.63, 3.8) is 0 Å². The van der Waals surface area contributed by atoms with Gasteiger partial charge >= 0.3 is 0 Å². The molecule has 1 unspecified atom stereocenters. The lowest BCUT2D eigenvalue weighted by Gasteiger charge is -2.36. The highest BCUT2D eigenvalue weighted by molar-refractivity contribution is 9.10. The number of hydrogen-bond acceptors (Lipinski definition) is 3. The molecule has 1 aromatic rings. The van der Waals surface area contributed by atoms with Crippen molar-refractivity contribution >= 4 is 21.8 Å². The van der Waals surface area contributed by atoms with Gasteiger partial charge in [0, 0.05) is 42.8 Å². The minimum absolute atomic E-state index is 0.160. The van der Waals surface area contributed by atoms with Crippen LogP contribution >= 0.6 is 15.9 Å². The minimum Gasteiger partial charge on any atom is -0.379 e. The summed E-state index contributed by atoms with van der Waals surface area (Å²) in [5, 5.41) is 0. The summed E-state index contributed by atoms with van der Waals surface area (Å²) in [6.45, 7) is 6.58. The zero-order valence-electron chi connectivity index (χ0n) is 12.8. The third-order valence-corrected chi connectivity index (χ3v) is 4.99. The average molecular weight is 367 g/mol. The number of nitrogens with zero attached hydrogens (tertiary/aromatic N) is 2. The van der Waals surface area contributed by atoms with Crippen LogP contribution in [0.3, 0.4) is 0 Å². The molecule has 0 aromatic heterocycles. The van der Waals surface area contributed by atoms with Crippen LogP contribution in [0.2, 0.25) is 0 Å². The monoisotopic (exact) mass is 366 g/mol. The van der Waals surface area contributed by atoms with Crippen molar-refractivity contribution in [1.29, 1.82) is 0 Å². The molecule has 2 aliphatic heterocycles. The fraction of sp³-hybridized carbons (Fsp3) is 0.588. The van der Waals surface area contributed by atoms with Gasteiger partial charge in [0.05, 0.1) is 13.2 Å². The number of benzene rings is 1. The number of rotatable bonds is 3. The third kappa shape index (κ3) is 4.09. The van der Waals surface area contributed by atoms with Gasteiger partial charge in [0.2, 0.25) is 0 Å². The summed E-state index contributed by atoms with van der Waals surface area (Å²) >= 11 is 3.44. The molecule has 1 amide bonds. The van der Waals surface area contributed by atoms with E-state index in [-0.39, 0.29) is 5.91 Å². The Morgan fingerprint density at radius 1 is 1.27 bits per heavy atom. The first-order chi connectivity index (χ1) is 10.7. The van der Waals surface area contributed by atoms with E-state index in [1.807, 2.05) is 29.2 Å². The van der Waals surface area contributed by atoms with E-state index in [2.05, 4.69) is 20.8 Å². The average Bonchev–Trinajstić information content (AvgIpc) is 2.55. The van der Waals surface area contributed by atoms with Gasteiger partial charge in [0.15, 0.2) is 0 Å². The molecular formula is C17H23BrN2O2. The first-order valence-electron chi connectivity index (χ1n) is 8.07. The molecule has 0 radical (unpaired) electrons. The van der Waals surface area contributed by atoms with Crippen LogP contribution in [0.1, 0.15) is 23.2 Å². The van der Waals surface area contributed by atoms with Crippen molar-refractivity contribution in [2.45, 2.75) is 12.8 Å². The molecule has 2 saturated heterocycles. The lowest BCUT2D eigenvalue weighted by molar-refractivity contribution is 0.0224. The summed E-state index contributed by atoms with van der Waals surface area (Å²) in [6, 6.07) is 7.69. The molecule has 22 heavy (non-hydrogen) atoms. The zero-order valence-corrected chi connectivity index (χ0v) is 14.4. The Morgan fingerprint density at radius 3 is 2.86 bits per heavy atom. The Kier molecular flexibility index (Phi) is 5.50. The van der Waals surface area contributed by atoms with Gasteiger partial charge < -0.3 is 9.64 Å². The van der Waals surface area contributed by atoms with Crippen LogP contribution in [0.5, 0.6) is 0 Å². The number of piperidine rings is 1. The molecule has 1 atom stereocenters. The van der Waals surface area contributed by atoms with Crippen molar-refractivity contribution in [1.82, 2.24) is 9.80 Å². The van der Waals surface area contributed by atoms with Gasteiger partial charge in [-0.15, -0.1) is 0 Å². The van der Waals surface area contributed by atoms with Gasteiger partial charge in [0.25, 0.3) is 5.91 Å². The van der Waals surface area contributed by atoms with Crippen LogP contribution in [0, 0.1) is 5.92 Å². The summed E-state index contributed by atoms with van der Waals surface area (Å²) in [5.41, 5.74) is 0.779. The summed E-state index contributed by atoms with van der Waals surface area (Å²) in [6.07, 6.45) is 2.33. The normalized spacial score (nSPS) is 23.5. The summed E-state index contributed by atoms with van der Waals surface area (Å²) < 4.78 is 6.37. The Bertz CT molecular complexity index is 517. The topological polar surface area (TPSA) is 32.8 Å². The Labute approximate surface area is 140 Å². The van der Waals surface area contributed by atoms with E-state index in [0.29, 0.717) is 5.92 Å². The van der Waals surface area contributed by atoms with E-state index < -0.39 is 0 Å². The minimum atomic E-state index is 0.160. The molecule has 0 saturated carbocycles. The van der Waals surface area contributed by atoms with E-state index in [1.165, 1.54) is 6.42 Å².